The monoisotopic (exact) mass is 253 g/mol. The maximum atomic E-state index is 13.1. The molecule has 0 atom stereocenters. The van der Waals surface area contributed by atoms with Gasteiger partial charge >= 0.3 is 0 Å². The van der Waals surface area contributed by atoms with Gasteiger partial charge in [0.1, 0.15) is 5.52 Å². The highest BCUT2D eigenvalue weighted by atomic mass is 19.2. The average molecular weight is 253 g/mol. The number of hydrogen-bond donors (Lipinski definition) is 1. The van der Waals surface area contributed by atoms with E-state index in [0.29, 0.717) is 11.5 Å². The molecule has 3 rings (SSSR count). The Bertz CT molecular complexity index is 523. The Morgan fingerprint density at radius 3 is 2.89 bits per heavy atom. The van der Waals surface area contributed by atoms with Crippen LogP contribution in [0.15, 0.2) is 16.5 Å². The van der Waals surface area contributed by atoms with Gasteiger partial charge < -0.3 is 14.6 Å². The summed E-state index contributed by atoms with van der Waals surface area (Å²) in [5.74, 6) is -1.82. The summed E-state index contributed by atoms with van der Waals surface area (Å²) in [4.78, 5) is 6.19. The zero-order valence-corrected chi connectivity index (χ0v) is 9.75. The lowest BCUT2D eigenvalue weighted by atomic mass is 10.3. The molecule has 1 aromatic heterocycles. The largest absolute Gasteiger partial charge is 0.423 e. The van der Waals surface area contributed by atoms with Crippen molar-refractivity contribution in [3.63, 3.8) is 0 Å². The van der Waals surface area contributed by atoms with Crippen LogP contribution in [0.1, 0.15) is 6.42 Å². The Balaban J connectivity index is 1.96. The maximum absolute atomic E-state index is 13.1. The molecular formula is C12H13F2N3O. The Labute approximate surface area is 103 Å². The van der Waals surface area contributed by atoms with E-state index in [1.54, 1.807) is 0 Å². The molecule has 4 nitrogen and oxygen atoms in total. The molecule has 6 heteroatoms. The van der Waals surface area contributed by atoms with Crippen molar-refractivity contribution in [3.05, 3.63) is 23.8 Å². The zero-order chi connectivity index (χ0) is 12.5. The molecule has 2 aromatic rings. The number of nitrogens with zero attached hydrogens (tertiary/aromatic N) is 2. The van der Waals surface area contributed by atoms with E-state index in [0.717, 1.165) is 44.7 Å². The first kappa shape index (κ1) is 11.4. The second-order valence-electron chi connectivity index (χ2n) is 4.32. The first-order valence-corrected chi connectivity index (χ1v) is 5.95. The molecule has 2 heterocycles. The van der Waals surface area contributed by atoms with Crippen molar-refractivity contribution in [2.24, 2.45) is 0 Å². The van der Waals surface area contributed by atoms with Gasteiger partial charge in [0.2, 0.25) is 0 Å². The van der Waals surface area contributed by atoms with E-state index < -0.39 is 11.6 Å². The number of aromatic nitrogens is 1. The Morgan fingerprint density at radius 2 is 2.00 bits per heavy atom. The molecule has 1 fully saturated rings. The van der Waals surface area contributed by atoms with Gasteiger partial charge in [-0.3, -0.25) is 0 Å². The molecule has 1 aliphatic rings. The number of anilines is 1. The van der Waals surface area contributed by atoms with E-state index in [1.807, 2.05) is 4.90 Å². The van der Waals surface area contributed by atoms with Gasteiger partial charge in [-0.15, -0.1) is 0 Å². The smallest absolute Gasteiger partial charge is 0.298 e. The van der Waals surface area contributed by atoms with Crippen LogP contribution in [0.4, 0.5) is 14.8 Å². The second kappa shape index (κ2) is 4.53. The van der Waals surface area contributed by atoms with E-state index in [4.69, 9.17) is 4.42 Å². The number of hydrogen-bond acceptors (Lipinski definition) is 4. The third-order valence-electron chi connectivity index (χ3n) is 3.03. The Hall–Kier alpha value is -1.69. The molecule has 96 valence electrons. The van der Waals surface area contributed by atoms with Gasteiger partial charge in [-0.1, -0.05) is 0 Å². The predicted molar refractivity (Wildman–Crippen MR) is 63.6 cm³/mol. The molecule has 0 unspecified atom stereocenters. The Kier molecular flexibility index (Phi) is 2.87. The molecule has 0 spiro atoms. The standard InChI is InChI=1S/C12H13F2N3O/c13-8-6-10-11(7-9(8)14)18-12(16-10)17-4-1-2-15-3-5-17/h6-7,15H,1-5H2. The van der Waals surface area contributed by atoms with Gasteiger partial charge in [-0.2, -0.15) is 4.98 Å². The number of fused-ring (bicyclic) bond motifs is 1. The highest BCUT2D eigenvalue weighted by Gasteiger charge is 2.17. The first-order chi connectivity index (χ1) is 8.74. The molecule has 1 N–H and O–H groups in total. The van der Waals surface area contributed by atoms with Gasteiger partial charge in [0.25, 0.3) is 6.01 Å². The lowest BCUT2D eigenvalue weighted by molar-refractivity contribution is 0.506. The summed E-state index contributed by atoms with van der Waals surface area (Å²) in [7, 11) is 0. The van der Waals surface area contributed by atoms with Crippen molar-refractivity contribution in [2.75, 3.05) is 31.1 Å². The molecule has 1 aromatic carbocycles. The van der Waals surface area contributed by atoms with Crippen LogP contribution in [-0.4, -0.2) is 31.2 Å². The van der Waals surface area contributed by atoms with Crippen LogP contribution in [0.25, 0.3) is 11.1 Å². The minimum absolute atomic E-state index is 0.279. The maximum Gasteiger partial charge on any atom is 0.298 e. The third-order valence-corrected chi connectivity index (χ3v) is 3.03. The minimum atomic E-state index is -0.914. The lowest BCUT2D eigenvalue weighted by Gasteiger charge is -2.16. The minimum Gasteiger partial charge on any atom is -0.423 e. The quantitative estimate of drug-likeness (QED) is 0.843. The number of nitrogens with one attached hydrogen (secondary N) is 1. The van der Waals surface area contributed by atoms with E-state index in [1.165, 1.54) is 0 Å². The third kappa shape index (κ3) is 2.03. The fourth-order valence-electron chi connectivity index (χ4n) is 2.08. The molecule has 0 amide bonds. The summed E-state index contributed by atoms with van der Waals surface area (Å²) >= 11 is 0. The first-order valence-electron chi connectivity index (χ1n) is 5.95. The van der Waals surface area contributed by atoms with E-state index in [-0.39, 0.29) is 5.58 Å². The molecule has 18 heavy (non-hydrogen) atoms. The van der Waals surface area contributed by atoms with Crippen LogP contribution in [0.2, 0.25) is 0 Å². The summed E-state index contributed by atoms with van der Waals surface area (Å²) < 4.78 is 31.6. The molecule has 0 radical (unpaired) electrons. The summed E-state index contributed by atoms with van der Waals surface area (Å²) in [5, 5.41) is 3.27. The lowest BCUT2D eigenvalue weighted by Crippen LogP contribution is -2.27. The predicted octanol–water partition coefficient (Wildman–Crippen LogP) is 1.91. The fourth-order valence-corrected chi connectivity index (χ4v) is 2.08. The normalized spacial score (nSPS) is 17.1. The molecule has 0 bridgehead atoms. The highest BCUT2D eigenvalue weighted by molar-refractivity contribution is 5.74. The van der Waals surface area contributed by atoms with Crippen molar-refractivity contribution >= 4 is 17.1 Å². The number of rotatable bonds is 1. The molecule has 1 saturated heterocycles. The van der Waals surface area contributed by atoms with Crippen LogP contribution in [0.5, 0.6) is 0 Å². The van der Waals surface area contributed by atoms with Crippen molar-refractivity contribution in [1.82, 2.24) is 10.3 Å². The number of oxazole rings is 1. The topological polar surface area (TPSA) is 41.3 Å². The zero-order valence-electron chi connectivity index (χ0n) is 9.75. The highest BCUT2D eigenvalue weighted by Crippen LogP contribution is 2.24. The van der Waals surface area contributed by atoms with Gasteiger partial charge in [0.15, 0.2) is 17.2 Å². The van der Waals surface area contributed by atoms with Crippen LogP contribution in [-0.2, 0) is 0 Å². The van der Waals surface area contributed by atoms with Crippen molar-refractivity contribution < 1.29 is 13.2 Å². The van der Waals surface area contributed by atoms with Gasteiger partial charge in [0, 0.05) is 31.8 Å². The van der Waals surface area contributed by atoms with Crippen LogP contribution in [0.3, 0.4) is 0 Å². The van der Waals surface area contributed by atoms with Crippen LogP contribution < -0.4 is 10.2 Å². The molecule has 1 aliphatic heterocycles. The van der Waals surface area contributed by atoms with Crippen molar-refractivity contribution in [3.8, 4) is 0 Å². The number of benzene rings is 1. The van der Waals surface area contributed by atoms with Gasteiger partial charge in [-0.05, 0) is 13.0 Å². The van der Waals surface area contributed by atoms with Crippen LogP contribution >= 0.6 is 0 Å². The molecular weight excluding hydrogens is 240 g/mol. The van der Waals surface area contributed by atoms with E-state index in [2.05, 4.69) is 10.3 Å². The van der Waals surface area contributed by atoms with Gasteiger partial charge in [-0.25, -0.2) is 8.78 Å². The second-order valence-corrected chi connectivity index (χ2v) is 4.32. The number of halogens is 2. The SMILES string of the molecule is Fc1cc2nc(N3CCCNCC3)oc2cc1F. The van der Waals surface area contributed by atoms with Crippen molar-refractivity contribution in [2.45, 2.75) is 6.42 Å². The summed E-state index contributed by atoms with van der Waals surface area (Å²) in [6.45, 7) is 3.41. The van der Waals surface area contributed by atoms with E-state index >= 15 is 0 Å². The van der Waals surface area contributed by atoms with Gasteiger partial charge in [0.05, 0.1) is 0 Å². The fraction of sp³-hybridized carbons (Fsp3) is 0.417. The molecule has 0 aliphatic carbocycles. The Morgan fingerprint density at radius 1 is 1.17 bits per heavy atom. The summed E-state index contributed by atoms with van der Waals surface area (Å²) in [6.07, 6.45) is 0.988. The average Bonchev–Trinajstić information content (AvgIpc) is 2.60. The molecule has 0 saturated carbocycles. The van der Waals surface area contributed by atoms with Crippen molar-refractivity contribution in [1.29, 1.82) is 0 Å². The summed E-state index contributed by atoms with van der Waals surface area (Å²) in [5.41, 5.74) is 0.627. The summed E-state index contributed by atoms with van der Waals surface area (Å²) in [6, 6.07) is 2.53. The van der Waals surface area contributed by atoms with Crippen LogP contribution in [0, 0.1) is 11.6 Å². The van der Waals surface area contributed by atoms with E-state index in [9.17, 15) is 8.78 Å².